The second-order valence-electron chi connectivity index (χ2n) is 6.84. The van der Waals surface area contributed by atoms with Gasteiger partial charge in [-0.3, -0.25) is 34.1 Å². The number of carboxylic acids is 1. The van der Waals surface area contributed by atoms with Crippen LogP contribution in [-0.4, -0.2) is 72.2 Å². The standard InChI is InChI=1S/C17H19N5O8S/c1-8-11(22(28)29)5-18-20(8)4-3-12(24)19-13-15(25)21-14(17(26)27)10(6-30-9(2)23)7-31-16(13)21/h5,13,16H,3-4,6-7H2,1-2H3,(H,19,24)(H,26,27). The molecule has 2 atom stereocenters. The zero-order valence-corrected chi connectivity index (χ0v) is 17.4. The molecular formula is C17H19N5O8S. The number of aromatic nitrogens is 2. The molecule has 31 heavy (non-hydrogen) atoms. The van der Waals surface area contributed by atoms with Gasteiger partial charge in [0.25, 0.3) is 5.91 Å². The molecule has 1 aromatic rings. The maximum Gasteiger partial charge on any atom is 0.352 e. The lowest BCUT2D eigenvalue weighted by atomic mass is 10.0. The molecule has 0 radical (unpaired) electrons. The lowest BCUT2D eigenvalue weighted by Gasteiger charge is -2.49. The van der Waals surface area contributed by atoms with E-state index in [1.54, 1.807) is 0 Å². The Morgan fingerprint density at radius 2 is 2.16 bits per heavy atom. The van der Waals surface area contributed by atoms with Crippen LogP contribution in [0.15, 0.2) is 17.5 Å². The normalized spacial score (nSPS) is 20.1. The number of aryl methyl sites for hydroxylation is 1. The highest BCUT2D eigenvalue weighted by Crippen LogP contribution is 2.40. The number of nitro groups is 1. The smallest absolute Gasteiger partial charge is 0.352 e. The number of rotatable bonds is 8. The van der Waals surface area contributed by atoms with Crippen molar-refractivity contribution < 1.29 is 33.9 Å². The molecule has 2 aliphatic heterocycles. The van der Waals surface area contributed by atoms with Crippen LogP contribution in [0.25, 0.3) is 0 Å². The van der Waals surface area contributed by atoms with E-state index in [2.05, 4.69) is 10.4 Å². The fourth-order valence-corrected chi connectivity index (χ4v) is 4.60. The highest BCUT2D eigenvalue weighted by Gasteiger charge is 2.54. The zero-order chi connectivity index (χ0) is 22.9. The van der Waals surface area contributed by atoms with Gasteiger partial charge in [-0.05, 0) is 6.92 Å². The summed E-state index contributed by atoms with van der Waals surface area (Å²) in [5.74, 6) is -2.70. The summed E-state index contributed by atoms with van der Waals surface area (Å²) >= 11 is 1.26. The molecule has 2 N–H and O–H groups in total. The minimum atomic E-state index is -1.32. The third-order valence-electron chi connectivity index (χ3n) is 4.84. The quantitative estimate of drug-likeness (QED) is 0.232. The van der Waals surface area contributed by atoms with Crippen molar-refractivity contribution in [2.24, 2.45) is 0 Å². The van der Waals surface area contributed by atoms with E-state index >= 15 is 0 Å². The average Bonchev–Trinajstić information content (AvgIpc) is 3.08. The lowest BCUT2D eigenvalue weighted by Crippen LogP contribution is -2.70. The molecule has 0 aromatic carbocycles. The number of ether oxygens (including phenoxy) is 1. The van der Waals surface area contributed by atoms with E-state index in [0.717, 1.165) is 11.1 Å². The predicted molar refractivity (Wildman–Crippen MR) is 105 cm³/mol. The van der Waals surface area contributed by atoms with Crippen molar-refractivity contribution in [2.75, 3.05) is 12.4 Å². The van der Waals surface area contributed by atoms with E-state index < -0.39 is 40.1 Å². The van der Waals surface area contributed by atoms with E-state index in [9.17, 15) is 34.4 Å². The molecule has 2 amide bonds. The van der Waals surface area contributed by atoms with Crippen molar-refractivity contribution in [1.29, 1.82) is 0 Å². The molecule has 13 nitrogen and oxygen atoms in total. The third kappa shape index (κ3) is 4.38. The van der Waals surface area contributed by atoms with Crippen LogP contribution in [0.5, 0.6) is 0 Å². The summed E-state index contributed by atoms with van der Waals surface area (Å²) < 4.78 is 6.19. The molecule has 0 bridgehead atoms. The molecule has 2 aliphatic rings. The third-order valence-corrected chi connectivity index (χ3v) is 6.18. The second kappa shape index (κ2) is 8.75. The fourth-order valence-electron chi connectivity index (χ4n) is 3.28. The van der Waals surface area contributed by atoms with Crippen LogP contribution in [0.2, 0.25) is 0 Å². The average molecular weight is 453 g/mol. The minimum Gasteiger partial charge on any atom is -0.477 e. The SMILES string of the molecule is CC(=O)OCC1=C(C(=O)O)N2C(=O)C(NC(=O)CCn3ncc([N+](=O)[O-])c3C)C2SC1. The molecule has 1 aromatic heterocycles. The van der Waals surface area contributed by atoms with Crippen LogP contribution in [0, 0.1) is 17.0 Å². The molecule has 3 rings (SSSR count). The van der Waals surface area contributed by atoms with Gasteiger partial charge in [0.15, 0.2) is 0 Å². The van der Waals surface area contributed by atoms with Gasteiger partial charge in [-0.15, -0.1) is 11.8 Å². The topological polar surface area (TPSA) is 174 Å². The molecular weight excluding hydrogens is 434 g/mol. The predicted octanol–water partition coefficient (Wildman–Crippen LogP) is -0.208. The Kier molecular flexibility index (Phi) is 6.29. The van der Waals surface area contributed by atoms with Crippen molar-refractivity contribution in [1.82, 2.24) is 20.0 Å². The number of fused-ring (bicyclic) bond motifs is 1. The fraction of sp³-hybridized carbons (Fsp3) is 0.471. The Bertz CT molecular complexity index is 1000. The first-order chi connectivity index (χ1) is 14.6. The van der Waals surface area contributed by atoms with Crippen LogP contribution < -0.4 is 5.32 Å². The van der Waals surface area contributed by atoms with Crippen LogP contribution in [0.1, 0.15) is 19.0 Å². The Hall–Kier alpha value is -3.42. The molecule has 1 fully saturated rings. The number of amides is 2. The summed E-state index contributed by atoms with van der Waals surface area (Å²) in [6.07, 6.45) is 1.03. The second-order valence-corrected chi connectivity index (χ2v) is 7.94. The van der Waals surface area contributed by atoms with Crippen molar-refractivity contribution in [3.8, 4) is 0 Å². The molecule has 0 spiro atoms. The number of carboxylic acid groups (broad SMARTS) is 1. The molecule has 166 valence electrons. The summed E-state index contributed by atoms with van der Waals surface area (Å²) in [7, 11) is 0. The van der Waals surface area contributed by atoms with Crippen LogP contribution in [0.4, 0.5) is 5.69 Å². The van der Waals surface area contributed by atoms with Crippen LogP contribution in [-0.2, 0) is 30.5 Å². The number of carbonyl (C=O) groups is 4. The first-order valence-electron chi connectivity index (χ1n) is 9.11. The number of thioether (sulfide) groups is 1. The van der Waals surface area contributed by atoms with Gasteiger partial charge < -0.3 is 15.2 Å². The van der Waals surface area contributed by atoms with Gasteiger partial charge in [-0.25, -0.2) is 4.79 Å². The van der Waals surface area contributed by atoms with Crippen molar-refractivity contribution in [3.05, 3.63) is 33.3 Å². The highest BCUT2D eigenvalue weighted by molar-refractivity contribution is 8.00. The summed E-state index contributed by atoms with van der Waals surface area (Å²) in [4.78, 5) is 58.9. The first-order valence-corrected chi connectivity index (χ1v) is 10.2. The van der Waals surface area contributed by atoms with E-state index in [1.165, 1.54) is 30.3 Å². The number of esters is 1. The number of carbonyl (C=O) groups excluding carboxylic acids is 3. The molecule has 14 heteroatoms. The van der Waals surface area contributed by atoms with E-state index in [0.29, 0.717) is 11.3 Å². The maximum absolute atomic E-state index is 12.5. The van der Waals surface area contributed by atoms with Gasteiger partial charge in [0.1, 0.15) is 35.6 Å². The largest absolute Gasteiger partial charge is 0.477 e. The van der Waals surface area contributed by atoms with Gasteiger partial charge >= 0.3 is 17.6 Å². The Morgan fingerprint density at radius 3 is 2.74 bits per heavy atom. The van der Waals surface area contributed by atoms with Gasteiger partial charge in [-0.1, -0.05) is 0 Å². The zero-order valence-electron chi connectivity index (χ0n) is 16.6. The number of nitrogens with one attached hydrogen (secondary N) is 1. The maximum atomic E-state index is 12.5. The van der Waals surface area contributed by atoms with E-state index in [4.69, 9.17) is 4.74 Å². The Morgan fingerprint density at radius 1 is 1.45 bits per heavy atom. The number of nitrogens with zero attached hydrogens (tertiary/aromatic N) is 4. The summed E-state index contributed by atoms with van der Waals surface area (Å²) in [5.41, 5.74) is 0.224. The van der Waals surface area contributed by atoms with Gasteiger partial charge in [0.05, 0.1) is 11.5 Å². The lowest BCUT2D eigenvalue weighted by molar-refractivity contribution is -0.385. The highest BCUT2D eigenvalue weighted by atomic mass is 32.2. The van der Waals surface area contributed by atoms with Crippen molar-refractivity contribution >= 4 is 41.2 Å². The number of hydrogen-bond acceptors (Lipinski definition) is 9. The number of β-lactam (4-membered cyclic amide) rings is 1. The molecule has 1 saturated heterocycles. The Labute approximate surface area is 179 Å². The monoisotopic (exact) mass is 453 g/mol. The number of hydrogen-bond donors (Lipinski definition) is 2. The molecule has 0 saturated carbocycles. The van der Waals surface area contributed by atoms with Crippen LogP contribution >= 0.6 is 11.8 Å². The Balaban J connectivity index is 1.62. The van der Waals surface area contributed by atoms with Crippen LogP contribution in [0.3, 0.4) is 0 Å². The number of aliphatic carboxylic acids is 1. The molecule has 3 heterocycles. The van der Waals surface area contributed by atoms with E-state index in [1.807, 2.05) is 0 Å². The van der Waals surface area contributed by atoms with Gasteiger partial charge in [0, 0.05) is 24.7 Å². The van der Waals surface area contributed by atoms with Crippen molar-refractivity contribution in [3.63, 3.8) is 0 Å². The first kappa shape index (κ1) is 22.3. The van der Waals surface area contributed by atoms with Gasteiger partial charge in [-0.2, -0.15) is 5.10 Å². The van der Waals surface area contributed by atoms with Crippen molar-refractivity contribution in [2.45, 2.75) is 38.2 Å². The van der Waals surface area contributed by atoms with E-state index in [-0.39, 0.29) is 36.7 Å². The summed E-state index contributed by atoms with van der Waals surface area (Å²) in [5, 5.41) is 26.3. The van der Waals surface area contributed by atoms with Gasteiger partial charge in [0.2, 0.25) is 5.91 Å². The molecule has 0 aliphatic carbocycles. The minimum absolute atomic E-state index is 0.0693. The summed E-state index contributed by atoms with van der Waals surface area (Å²) in [6, 6.07) is -0.893. The molecule has 2 unspecified atom stereocenters. The summed E-state index contributed by atoms with van der Waals surface area (Å²) in [6.45, 7) is 2.57.